The summed E-state index contributed by atoms with van der Waals surface area (Å²) < 4.78 is 27.9. The first kappa shape index (κ1) is 13.8. The Labute approximate surface area is 111 Å². The monoisotopic (exact) mass is 281 g/mol. The number of aliphatic hydroxyl groups excluding tert-OH is 1. The zero-order valence-corrected chi connectivity index (χ0v) is 11.5. The van der Waals surface area contributed by atoms with Gasteiger partial charge in [-0.25, -0.2) is 13.4 Å². The highest BCUT2D eigenvalue weighted by atomic mass is 32.2. The van der Waals surface area contributed by atoms with E-state index < -0.39 is 15.3 Å². The number of benzene rings is 1. The molecule has 0 bridgehead atoms. The fourth-order valence-corrected chi connectivity index (χ4v) is 2.10. The van der Waals surface area contributed by atoms with Gasteiger partial charge in [-0.05, 0) is 19.1 Å². The van der Waals surface area contributed by atoms with E-state index in [9.17, 15) is 13.5 Å². The Kier molecular flexibility index (Phi) is 3.73. The van der Waals surface area contributed by atoms with Gasteiger partial charge in [0.2, 0.25) is 5.89 Å². The minimum Gasteiger partial charge on any atom is -0.441 e. The molecule has 0 spiro atoms. The first-order chi connectivity index (χ1) is 8.88. The number of hydrogen-bond donors (Lipinski definition) is 1. The van der Waals surface area contributed by atoms with Crippen LogP contribution in [0.2, 0.25) is 0 Å². The number of rotatable bonds is 4. The highest BCUT2D eigenvalue weighted by Crippen LogP contribution is 2.22. The van der Waals surface area contributed by atoms with E-state index in [0.29, 0.717) is 17.3 Å². The van der Waals surface area contributed by atoms with Crippen LogP contribution in [-0.4, -0.2) is 30.2 Å². The van der Waals surface area contributed by atoms with Gasteiger partial charge in [0.1, 0.15) is 5.76 Å². The van der Waals surface area contributed by atoms with Crippen LogP contribution < -0.4 is 0 Å². The van der Waals surface area contributed by atoms with Gasteiger partial charge >= 0.3 is 0 Å². The third kappa shape index (κ3) is 3.21. The second kappa shape index (κ2) is 5.14. The lowest BCUT2D eigenvalue weighted by Crippen LogP contribution is -2.22. The fraction of sp³-hybridized carbons (Fsp3) is 0.308. The van der Waals surface area contributed by atoms with Crippen molar-refractivity contribution in [2.24, 2.45) is 0 Å². The summed E-state index contributed by atoms with van der Waals surface area (Å²) in [6.45, 7) is 1.70. The molecule has 0 fully saturated rings. The fourth-order valence-electron chi connectivity index (χ4n) is 1.64. The molecule has 102 valence electrons. The normalized spacial score (nSPS) is 13.4. The van der Waals surface area contributed by atoms with E-state index in [0.717, 1.165) is 11.8 Å². The van der Waals surface area contributed by atoms with Crippen molar-refractivity contribution in [3.8, 4) is 11.5 Å². The summed E-state index contributed by atoms with van der Waals surface area (Å²) in [5.41, 5.74) is -0.192. The van der Waals surface area contributed by atoms with Crippen LogP contribution in [0.5, 0.6) is 0 Å². The summed E-state index contributed by atoms with van der Waals surface area (Å²) in [6.07, 6.45) is 0.923. The van der Waals surface area contributed by atoms with Crippen molar-refractivity contribution < 1.29 is 17.9 Å². The Bertz CT molecular complexity index is 661. The standard InChI is InChI=1S/C13H15NO4S/c1-9-11(8-12(15)19(2,16)17)14-13(18-9)10-6-4-3-5-7-10/h3-7,12,15H,8H2,1-2H3. The van der Waals surface area contributed by atoms with Crippen molar-refractivity contribution in [1.82, 2.24) is 4.98 Å². The third-order valence-electron chi connectivity index (χ3n) is 2.78. The molecule has 19 heavy (non-hydrogen) atoms. The molecule has 0 saturated heterocycles. The number of aromatic nitrogens is 1. The zero-order valence-electron chi connectivity index (χ0n) is 10.7. The summed E-state index contributed by atoms with van der Waals surface area (Å²) in [4.78, 5) is 4.24. The first-order valence-corrected chi connectivity index (χ1v) is 7.72. The molecular weight excluding hydrogens is 266 g/mol. The molecule has 0 aliphatic rings. The van der Waals surface area contributed by atoms with E-state index in [1.807, 2.05) is 30.3 Å². The molecule has 6 heteroatoms. The van der Waals surface area contributed by atoms with Gasteiger partial charge in [0.25, 0.3) is 0 Å². The minimum atomic E-state index is -3.50. The van der Waals surface area contributed by atoms with Crippen LogP contribution in [-0.2, 0) is 16.3 Å². The van der Waals surface area contributed by atoms with Crippen molar-refractivity contribution in [2.75, 3.05) is 6.26 Å². The van der Waals surface area contributed by atoms with Crippen LogP contribution in [0, 0.1) is 6.92 Å². The molecule has 0 amide bonds. The van der Waals surface area contributed by atoms with E-state index in [1.54, 1.807) is 6.92 Å². The predicted molar refractivity (Wildman–Crippen MR) is 71.2 cm³/mol. The van der Waals surface area contributed by atoms with Crippen LogP contribution in [0.3, 0.4) is 0 Å². The minimum absolute atomic E-state index is 0.0685. The molecule has 2 rings (SSSR count). The first-order valence-electron chi connectivity index (χ1n) is 5.76. The van der Waals surface area contributed by atoms with E-state index in [2.05, 4.69) is 4.98 Å². The second-order valence-corrected chi connectivity index (χ2v) is 6.58. The molecule has 1 unspecified atom stereocenters. The largest absolute Gasteiger partial charge is 0.441 e. The molecule has 1 atom stereocenters. The number of hydrogen-bond acceptors (Lipinski definition) is 5. The van der Waals surface area contributed by atoms with Crippen molar-refractivity contribution >= 4 is 9.84 Å². The van der Waals surface area contributed by atoms with Crippen LogP contribution in [0.25, 0.3) is 11.5 Å². The van der Waals surface area contributed by atoms with Crippen molar-refractivity contribution in [3.05, 3.63) is 41.8 Å². The lowest BCUT2D eigenvalue weighted by Gasteiger charge is -2.05. The molecule has 2 aromatic rings. The van der Waals surface area contributed by atoms with Gasteiger partial charge in [0.05, 0.1) is 5.69 Å². The quantitative estimate of drug-likeness (QED) is 0.919. The molecule has 1 N–H and O–H groups in total. The van der Waals surface area contributed by atoms with E-state index >= 15 is 0 Å². The Hall–Kier alpha value is -1.66. The van der Waals surface area contributed by atoms with Crippen molar-refractivity contribution in [2.45, 2.75) is 18.8 Å². The Morgan fingerprint density at radius 2 is 1.95 bits per heavy atom. The molecule has 0 radical (unpaired) electrons. The van der Waals surface area contributed by atoms with Crippen molar-refractivity contribution in [1.29, 1.82) is 0 Å². The highest BCUT2D eigenvalue weighted by molar-refractivity contribution is 7.91. The average molecular weight is 281 g/mol. The van der Waals surface area contributed by atoms with Crippen molar-refractivity contribution in [3.63, 3.8) is 0 Å². The maximum atomic E-state index is 11.2. The lowest BCUT2D eigenvalue weighted by atomic mass is 10.2. The average Bonchev–Trinajstić information content (AvgIpc) is 2.71. The molecular formula is C13H15NO4S. The summed E-state index contributed by atoms with van der Waals surface area (Å²) in [6, 6.07) is 9.30. The van der Waals surface area contributed by atoms with Crippen LogP contribution in [0.1, 0.15) is 11.5 Å². The molecule has 1 aromatic carbocycles. The van der Waals surface area contributed by atoms with E-state index in [4.69, 9.17) is 4.42 Å². The van der Waals surface area contributed by atoms with E-state index in [1.165, 1.54) is 0 Å². The number of aliphatic hydroxyl groups is 1. The number of oxazole rings is 1. The third-order valence-corrected chi connectivity index (χ3v) is 3.93. The Balaban J connectivity index is 2.28. The predicted octanol–water partition coefficient (Wildman–Crippen LogP) is 1.56. The van der Waals surface area contributed by atoms with Gasteiger partial charge in [-0.2, -0.15) is 0 Å². The van der Waals surface area contributed by atoms with Gasteiger partial charge in [-0.3, -0.25) is 0 Å². The Morgan fingerprint density at radius 1 is 1.32 bits per heavy atom. The number of sulfone groups is 1. The topological polar surface area (TPSA) is 80.4 Å². The van der Waals surface area contributed by atoms with Gasteiger partial charge in [0, 0.05) is 18.2 Å². The Morgan fingerprint density at radius 3 is 2.53 bits per heavy atom. The van der Waals surface area contributed by atoms with E-state index in [-0.39, 0.29) is 6.42 Å². The SMILES string of the molecule is Cc1oc(-c2ccccc2)nc1CC(O)S(C)(=O)=O. The summed E-state index contributed by atoms with van der Waals surface area (Å²) in [7, 11) is -3.50. The lowest BCUT2D eigenvalue weighted by molar-refractivity contribution is 0.248. The van der Waals surface area contributed by atoms with Gasteiger partial charge in [-0.1, -0.05) is 18.2 Å². The maximum absolute atomic E-state index is 11.2. The second-order valence-electron chi connectivity index (χ2n) is 4.38. The molecule has 5 nitrogen and oxygen atoms in total. The maximum Gasteiger partial charge on any atom is 0.226 e. The molecule has 1 aromatic heterocycles. The van der Waals surface area contributed by atoms with Gasteiger partial charge in [-0.15, -0.1) is 0 Å². The van der Waals surface area contributed by atoms with Gasteiger partial charge < -0.3 is 9.52 Å². The summed E-state index contributed by atoms with van der Waals surface area (Å²) >= 11 is 0. The number of nitrogens with zero attached hydrogens (tertiary/aromatic N) is 1. The highest BCUT2D eigenvalue weighted by Gasteiger charge is 2.21. The van der Waals surface area contributed by atoms with Crippen LogP contribution >= 0.6 is 0 Å². The van der Waals surface area contributed by atoms with Crippen LogP contribution in [0.15, 0.2) is 34.7 Å². The molecule has 0 aliphatic heterocycles. The van der Waals surface area contributed by atoms with Gasteiger partial charge in [0.15, 0.2) is 15.3 Å². The molecule has 1 heterocycles. The summed E-state index contributed by atoms with van der Waals surface area (Å²) in [5.74, 6) is 0.940. The molecule has 0 aliphatic carbocycles. The molecule has 0 saturated carbocycles. The number of aryl methyl sites for hydroxylation is 1. The smallest absolute Gasteiger partial charge is 0.226 e. The zero-order chi connectivity index (χ0) is 14.0. The van der Waals surface area contributed by atoms with Crippen LogP contribution in [0.4, 0.5) is 0 Å². The summed E-state index contributed by atoms with van der Waals surface area (Å²) in [5, 5.41) is 9.57.